The molecule has 0 spiro atoms. The maximum Gasteiger partial charge on any atom is 0.437 e. The molecule has 3 nitrogen and oxygen atoms in total. The minimum atomic E-state index is -4.51. The molecule has 86 valence electrons. The fourth-order valence-electron chi connectivity index (χ4n) is 1.55. The fraction of sp³-hybridized carbons (Fsp3) is 0.300. The summed E-state index contributed by atoms with van der Waals surface area (Å²) < 4.78 is 42.3. The lowest BCUT2D eigenvalue weighted by Gasteiger charge is -2.05. The van der Waals surface area contributed by atoms with E-state index in [9.17, 15) is 13.2 Å². The maximum atomic E-state index is 12.5. The Hall–Kier alpha value is -1.56. The average molecular weight is 230 g/mol. The smallest absolute Gasteiger partial charge is 0.355 e. The molecule has 16 heavy (non-hydrogen) atoms. The molecular weight excluding hydrogens is 221 g/mol. The van der Waals surface area contributed by atoms with Crippen molar-refractivity contribution in [3.8, 4) is 0 Å². The van der Waals surface area contributed by atoms with Crippen molar-refractivity contribution in [1.82, 2.24) is 5.16 Å². The van der Waals surface area contributed by atoms with Gasteiger partial charge in [-0.3, -0.25) is 0 Å². The molecule has 2 N–H and O–H groups in total. The summed E-state index contributed by atoms with van der Waals surface area (Å²) in [5.41, 5.74) is 5.24. The van der Waals surface area contributed by atoms with E-state index in [1.54, 1.807) is 13.0 Å². The average Bonchev–Trinajstić information content (AvgIpc) is 2.59. The van der Waals surface area contributed by atoms with Gasteiger partial charge in [-0.15, -0.1) is 0 Å². The van der Waals surface area contributed by atoms with E-state index in [-0.39, 0.29) is 11.0 Å². The number of hydrogen-bond acceptors (Lipinski definition) is 3. The van der Waals surface area contributed by atoms with Crippen LogP contribution < -0.4 is 5.73 Å². The highest BCUT2D eigenvalue weighted by molar-refractivity contribution is 5.83. The molecule has 1 aromatic carbocycles. The Labute approximate surface area is 89.0 Å². The van der Waals surface area contributed by atoms with E-state index in [1.807, 2.05) is 0 Å². The fourth-order valence-corrected chi connectivity index (χ4v) is 1.55. The van der Waals surface area contributed by atoms with Gasteiger partial charge in [0.1, 0.15) is 0 Å². The van der Waals surface area contributed by atoms with Gasteiger partial charge >= 0.3 is 6.18 Å². The van der Waals surface area contributed by atoms with E-state index in [1.165, 1.54) is 12.1 Å². The highest BCUT2D eigenvalue weighted by atomic mass is 19.4. The molecule has 0 bridgehead atoms. The van der Waals surface area contributed by atoms with E-state index in [0.717, 1.165) is 0 Å². The molecule has 0 aliphatic heterocycles. The van der Waals surface area contributed by atoms with Gasteiger partial charge in [-0.1, -0.05) is 17.3 Å². The van der Waals surface area contributed by atoms with Crippen molar-refractivity contribution < 1.29 is 17.7 Å². The summed E-state index contributed by atoms with van der Waals surface area (Å²) in [6.45, 7) is 1.67. The van der Waals surface area contributed by atoms with Crippen LogP contribution in [0.3, 0.4) is 0 Å². The molecule has 0 aliphatic carbocycles. The zero-order valence-corrected chi connectivity index (χ0v) is 8.38. The molecule has 0 saturated carbocycles. The highest BCUT2D eigenvalue weighted by Crippen LogP contribution is 2.35. The topological polar surface area (TPSA) is 52.0 Å². The van der Waals surface area contributed by atoms with Crippen LogP contribution in [0.1, 0.15) is 24.2 Å². The molecule has 0 aliphatic rings. The van der Waals surface area contributed by atoms with Crippen LogP contribution in [0.4, 0.5) is 13.2 Å². The van der Waals surface area contributed by atoms with Gasteiger partial charge in [0.2, 0.25) is 0 Å². The monoisotopic (exact) mass is 230 g/mol. The molecule has 6 heteroatoms. The number of nitrogens with two attached hydrogens (primary N) is 1. The van der Waals surface area contributed by atoms with Crippen molar-refractivity contribution in [2.45, 2.75) is 19.1 Å². The van der Waals surface area contributed by atoms with Gasteiger partial charge in [-0.05, 0) is 13.0 Å². The number of alkyl halides is 3. The van der Waals surface area contributed by atoms with Crippen LogP contribution in [0.5, 0.6) is 0 Å². The Morgan fingerprint density at radius 3 is 2.62 bits per heavy atom. The van der Waals surface area contributed by atoms with Crippen LogP contribution in [0, 0.1) is 0 Å². The summed E-state index contributed by atoms with van der Waals surface area (Å²) in [7, 11) is 0. The van der Waals surface area contributed by atoms with Gasteiger partial charge in [0.25, 0.3) is 0 Å². The first-order valence-electron chi connectivity index (χ1n) is 4.62. The first-order valence-corrected chi connectivity index (χ1v) is 4.62. The van der Waals surface area contributed by atoms with Crippen LogP contribution in [0.2, 0.25) is 0 Å². The zero-order valence-electron chi connectivity index (χ0n) is 8.38. The predicted molar refractivity (Wildman–Crippen MR) is 51.6 cm³/mol. The van der Waals surface area contributed by atoms with Crippen LogP contribution in [0.15, 0.2) is 22.7 Å². The molecule has 2 rings (SSSR count). The van der Waals surface area contributed by atoms with Gasteiger partial charge in [0.15, 0.2) is 11.3 Å². The van der Waals surface area contributed by atoms with Crippen LogP contribution in [0.25, 0.3) is 11.0 Å². The second-order valence-corrected chi connectivity index (χ2v) is 3.54. The molecule has 1 unspecified atom stereocenters. The molecule has 0 amide bonds. The summed E-state index contributed by atoms with van der Waals surface area (Å²) >= 11 is 0. The van der Waals surface area contributed by atoms with Crippen molar-refractivity contribution in [1.29, 1.82) is 0 Å². The molecule has 1 heterocycles. The largest absolute Gasteiger partial charge is 0.437 e. The van der Waals surface area contributed by atoms with Crippen molar-refractivity contribution in [2.24, 2.45) is 5.73 Å². The molecular formula is C10H9F3N2O. The molecule has 0 radical (unpaired) electrons. The third-order valence-corrected chi connectivity index (χ3v) is 2.29. The van der Waals surface area contributed by atoms with Gasteiger partial charge in [-0.2, -0.15) is 13.2 Å². The Kier molecular flexibility index (Phi) is 2.38. The van der Waals surface area contributed by atoms with Crippen molar-refractivity contribution in [3.63, 3.8) is 0 Å². The molecule has 2 aromatic rings. The van der Waals surface area contributed by atoms with Gasteiger partial charge in [-0.25, -0.2) is 0 Å². The lowest BCUT2D eigenvalue weighted by atomic mass is 10.1. The van der Waals surface area contributed by atoms with Crippen LogP contribution >= 0.6 is 0 Å². The second-order valence-electron chi connectivity index (χ2n) is 3.54. The number of halogens is 3. The Bertz CT molecular complexity index is 516. The van der Waals surface area contributed by atoms with E-state index < -0.39 is 17.9 Å². The van der Waals surface area contributed by atoms with Gasteiger partial charge < -0.3 is 10.3 Å². The summed E-state index contributed by atoms with van der Waals surface area (Å²) in [6.07, 6.45) is -4.51. The number of fused-ring (bicyclic) bond motifs is 1. The number of hydrogen-bond donors (Lipinski definition) is 1. The van der Waals surface area contributed by atoms with Crippen LogP contribution in [-0.2, 0) is 6.18 Å². The normalized spacial score (nSPS) is 14.3. The summed E-state index contributed by atoms with van der Waals surface area (Å²) in [6, 6.07) is 4.05. The number of benzene rings is 1. The highest BCUT2D eigenvalue weighted by Gasteiger charge is 2.37. The van der Waals surface area contributed by atoms with Crippen LogP contribution in [-0.4, -0.2) is 5.16 Å². The number of aromatic nitrogens is 1. The molecule has 1 aromatic heterocycles. The van der Waals surface area contributed by atoms with E-state index in [4.69, 9.17) is 10.3 Å². The van der Waals surface area contributed by atoms with Crippen molar-refractivity contribution in [3.05, 3.63) is 29.5 Å². The van der Waals surface area contributed by atoms with Gasteiger partial charge in [0, 0.05) is 11.6 Å². The standard InChI is InChI=1S/C10H9F3N2O/c1-5(14)6-3-2-4-7-8(6)16-15-9(7)10(11,12)13/h2-5H,14H2,1H3. The lowest BCUT2D eigenvalue weighted by molar-refractivity contribution is -0.141. The zero-order chi connectivity index (χ0) is 11.9. The first kappa shape index (κ1) is 10.9. The van der Waals surface area contributed by atoms with E-state index in [2.05, 4.69) is 5.16 Å². The molecule has 1 atom stereocenters. The minimum Gasteiger partial charge on any atom is -0.355 e. The Balaban J connectivity index is 2.71. The Morgan fingerprint density at radius 2 is 2.06 bits per heavy atom. The number of para-hydroxylation sites is 1. The predicted octanol–water partition coefficient (Wildman–Crippen LogP) is 2.87. The molecule has 0 fully saturated rings. The first-order chi connectivity index (χ1) is 7.41. The lowest BCUT2D eigenvalue weighted by Crippen LogP contribution is -2.06. The maximum absolute atomic E-state index is 12.5. The van der Waals surface area contributed by atoms with Gasteiger partial charge in [0.05, 0.1) is 5.39 Å². The quantitative estimate of drug-likeness (QED) is 0.819. The Morgan fingerprint density at radius 1 is 1.38 bits per heavy atom. The minimum absolute atomic E-state index is 0.0534. The number of nitrogens with zero attached hydrogens (tertiary/aromatic N) is 1. The SMILES string of the molecule is CC(N)c1cccc2c(C(F)(F)F)noc12. The van der Waals surface area contributed by atoms with Crippen molar-refractivity contribution in [2.75, 3.05) is 0 Å². The molecule has 0 saturated heterocycles. The van der Waals surface area contributed by atoms with Crippen molar-refractivity contribution >= 4 is 11.0 Å². The van der Waals surface area contributed by atoms with E-state index >= 15 is 0 Å². The summed E-state index contributed by atoms with van der Waals surface area (Å²) in [5, 5.41) is 3.00. The summed E-state index contributed by atoms with van der Waals surface area (Å²) in [4.78, 5) is 0. The second kappa shape index (κ2) is 3.48. The third-order valence-electron chi connectivity index (χ3n) is 2.29. The third kappa shape index (κ3) is 1.65. The summed E-state index contributed by atoms with van der Waals surface area (Å²) in [5.74, 6) is 0. The number of rotatable bonds is 1. The van der Waals surface area contributed by atoms with E-state index in [0.29, 0.717) is 5.56 Å².